The predicted molar refractivity (Wildman–Crippen MR) is 73.3 cm³/mol. The van der Waals surface area contributed by atoms with Gasteiger partial charge in [0.05, 0.1) is 11.4 Å². The van der Waals surface area contributed by atoms with Gasteiger partial charge in [-0.3, -0.25) is 0 Å². The maximum atomic E-state index is 13.4. The Balaban J connectivity index is 1.87. The minimum atomic E-state index is -0.391. The molecule has 104 valence electrons. The number of urea groups is 1. The number of aromatic nitrogens is 2. The summed E-state index contributed by atoms with van der Waals surface area (Å²) in [7, 11) is 0. The molecule has 0 aliphatic carbocycles. The first-order valence-corrected chi connectivity index (χ1v) is 6.59. The van der Waals surface area contributed by atoms with Crippen LogP contribution in [-0.2, 0) is 0 Å². The molecular formula is C14H15FN4O. The quantitative estimate of drug-likeness (QED) is 0.915. The van der Waals surface area contributed by atoms with Crippen molar-refractivity contribution in [3.05, 3.63) is 42.5 Å². The van der Waals surface area contributed by atoms with Crippen molar-refractivity contribution in [3.63, 3.8) is 0 Å². The molecule has 0 bridgehead atoms. The molecule has 1 aromatic heterocycles. The van der Waals surface area contributed by atoms with Gasteiger partial charge in [0.15, 0.2) is 0 Å². The highest BCUT2D eigenvalue weighted by Crippen LogP contribution is 2.22. The number of benzene rings is 1. The molecule has 0 saturated carbocycles. The lowest BCUT2D eigenvalue weighted by Crippen LogP contribution is -2.32. The molecule has 0 spiro atoms. The van der Waals surface area contributed by atoms with E-state index in [1.807, 2.05) is 0 Å². The Morgan fingerprint density at radius 1 is 1.30 bits per heavy atom. The van der Waals surface area contributed by atoms with Gasteiger partial charge in [-0.25, -0.2) is 13.9 Å². The molecule has 6 heteroatoms. The van der Waals surface area contributed by atoms with Gasteiger partial charge in [0.1, 0.15) is 5.82 Å². The van der Waals surface area contributed by atoms with E-state index in [1.165, 1.54) is 12.1 Å². The van der Waals surface area contributed by atoms with E-state index in [1.54, 1.807) is 34.1 Å². The van der Waals surface area contributed by atoms with Gasteiger partial charge in [-0.05, 0) is 37.1 Å². The molecule has 2 heterocycles. The summed E-state index contributed by atoms with van der Waals surface area (Å²) in [5.41, 5.74) is 1.06. The Hall–Kier alpha value is -2.37. The van der Waals surface area contributed by atoms with Crippen LogP contribution >= 0.6 is 0 Å². The number of likely N-dealkylation sites (tertiary alicyclic amines) is 1. The average Bonchev–Trinajstić information content (AvgIpc) is 3.12. The summed E-state index contributed by atoms with van der Waals surface area (Å²) in [6.45, 7) is 1.50. The van der Waals surface area contributed by atoms with Crippen LogP contribution < -0.4 is 5.32 Å². The van der Waals surface area contributed by atoms with E-state index >= 15 is 0 Å². The maximum Gasteiger partial charge on any atom is 0.321 e. The van der Waals surface area contributed by atoms with E-state index < -0.39 is 5.82 Å². The normalized spacial score (nSPS) is 14.6. The number of rotatable bonds is 2. The summed E-state index contributed by atoms with van der Waals surface area (Å²) in [5, 5.41) is 6.88. The smallest absolute Gasteiger partial charge is 0.321 e. The van der Waals surface area contributed by atoms with Crippen LogP contribution in [0.1, 0.15) is 12.8 Å². The third kappa shape index (κ3) is 2.49. The average molecular weight is 274 g/mol. The van der Waals surface area contributed by atoms with Gasteiger partial charge in [0.25, 0.3) is 0 Å². The first-order chi connectivity index (χ1) is 9.74. The van der Waals surface area contributed by atoms with Crippen molar-refractivity contribution in [3.8, 4) is 5.69 Å². The van der Waals surface area contributed by atoms with Crippen LogP contribution in [0.15, 0.2) is 36.7 Å². The van der Waals surface area contributed by atoms with Gasteiger partial charge in [-0.1, -0.05) is 0 Å². The van der Waals surface area contributed by atoms with E-state index in [9.17, 15) is 9.18 Å². The van der Waals surface area contributed by atoms with Gasteiger partial charge in [-0.15, -0.1) is 0 Å². The van der Waals surface area contributed by atoms with E-state index in [0.29, 0.717) is 11.4 Å². The molecule has 20 heavy (non-hydrogen) atoms. The van der Waals surface area contributed by atoms with Crippen LogP contribution in [0.3, 0.4) is 0 Å². The Morgan fingerprint density at radius 2 is 2.10 bits per heavy atom. The number of hydrogen-bond acceptors (Lipinski definition) is 2. The summed E-state index contributed by atoms with van der Waals surface area (Å²) in [6, 6.07) is 5.84. The van der Waals surface area contributed by atoms with Crippen LogP contribution in [0.2, 0.25) is 0 Å². The highest BCUT2D eigenvalue weighted by atomic mass is 19.1. The SMILES string of the molecule is O=C(Nc1cc(F)ccc1-n1cccn1)N1CCCC1. The minimum Gasteiger partial charge on any atom is -0.325 e. The minimum absolute atomic E-state index is 0.193. The number of nitrogens with one attached hydrogen (secondary N) is 1. The highest BCUT2D eigenvalue weighted by Gasteiger charge is 2.19. The summed E-state index contributed by atoms with van der Waals surface area (Å²) < 4.78 is 15.0. The zero-order chi connectivity index (χ0) is 13.9. The first-order valence-electron chi connectivity index (χ1n) is 6.59. The molecule has 1 aromatic carbocycles. The lowest BCUT2D eigenvalue weighted by molar-refractivity contribution is 0.222. The third-order valence-electron chi connectivity index (χ3n) is 3.34. The van der Waals surface area contributed by atoms with Crippen LogP contribution in [0.25, 0.3) is 5.69 Å². The zero-order valence-corrected chi connectivity index (χ0v) is 10.9. The van der Waals surface area contributed by atoms with Crippen molar-refractivity contribution >= 4 is 11.7 Å². The van der Waals surface area contributed by atoms with Crippen molar-refractivity contribution in [2.24, 2.45) is 0 Å². The molecule has 0 unspecified atom stereocenters. The molecule has 0 atom stereocenters. The summed E-state index contributed by atoms with van der Waals surface area (Å²) in [4.78, 5) is 13.8. The van der Waals surface area contributed by atoms with Crippen LogP contribution in [0.4, 0.5) is 14.9 Å². The van der Waals surface area contributed by atoms with Crippen LogP contribution in [-0.4, -0.2) is 33.8 Å². The monoisotopic (exact) mass is 274 g/mol. The molecule has 3 rings (SSSR count). The Bertz CT molecular complexity index is 606. The Labute approximate surface area is 116 Å². The van der Waals surface area contributed by atoms with Gasteiger partial charge in [-0.2, -0.15) is 5.10 Å². The molecule has 1 aliphatic rings. The molecule has 2 amide bonds. The second kappa shape index (κ2) is 5.32. The third-order valence-corrected chi connectivity index (χ3v) is 3.34. The molecule has 5 nitrogen and oxygen atoms in total. The van der Waals surface area contributed by atoms with Gasteiger partial charge in [0.2, 0.25) is 0 Å². The van der Waals surface area contributed by atoms with Gasteiger partial charge < -0.3 is 10.2 Å². The Morgan fingerprint density at radius 3 is 2.80 bits per heavy atom. The molecule has 2 aromatic rings. The second-order valence-corrected chi connectivity index (χ2v) is 4.74. The van der Waals surface area contributed by atoms with Crippen LogP contribution in [0, 0.1) is 5.82 Å². The molecule has 1 aliphatic heterocycles. The summed E-state index contributed by atoms with van der Waals surface area (Å²) >= 11 is 0. The summed E-state index contributed by atoms with van der Waals surface area (Å²) in [5.74, 6) is -0.391. The number of carbonyl (C=O) groups is 1. The lowest BCUT2D eigenvalue weighted by Gasteiger charge is -2.18. The molecule has 0 radical (unpaired) electrons. The van der Waals surface area contributed by atoms with Crippen molar-refractivity contribution in [1.29, 1.82) is 0 Å². The molecule has 1 fully saturated rings. The first kappa shape index (κ1) is 12.7. The maximum absolute atomic E-state index is 13.4. The van der Waals surface area contributed by atoms with Crippen molar-refractivity contribution < 1.29 is 9.18 Å². The Kier molecular flexibility index (Phi) is 3.37. The van der Waals surface area contributed by atoms with Gasteiger partial charge >= 0.3 is 6.03 Å². The summed E-state index contributed by atoms with van der Waals surface area (Å²) in [6.07, 6.45) is 5.42. The lowest BCUT2D eigenvalue weighted by atomic mass is 10.2. The standard InChI is InChI=1S/C14H15FN4O/c15-11-4-5-13(19-9-3-6-16-19)12(10-11)17-14(20)18-7-1-2-8-18/h3-6,9-10H,1-2,7-8H2,(H,17,20). The number of carbonyl (C=O) groups excluding carboxylic acids is 1. The van der Waals surface area contributed by atoms with E-state index in [-0.39, 0.29) is 6.03 Å². The predicted octanol–water partition coefficient (Wildman–Crippen LogP) is 2.64. The fraction of sp³-hybridized carbons (Fsp3) is 0.286. The van der Waals surface area contributed by atoms with E-state index in [0.717, 1.165) is 25.9 Å². The largest absolute Gasteiger partial charge is 0.325 e. The topological polar surface area (TPSA) is 50.2 Å². The molecular weight excluding hydrogens is 259 g/mol. The number of amides is 2. The fourth-order valence-electron chi connectivity index (χ4n) is 2.33. The van der Waals surface area contributed by atoms with E-state index in [4.69, 9.17) is 0 Å². The van der Waals surface area contributed by atoms with Gasteiger partial charge in [0, 0.05) is 25.5 Å². The van der Waals surface area contributed by atoms with Crippen LogP contribution in [0.5, 0.6) is 0 Å². The number of anilines is 1. The van der Waals surface area contributed by atoms with Crippen molar-refractivity contribution in [1.82, 2.24) is 14.7 Å². The fourth-order valence-corrected chi connectivity index (χ4v) is 2.33. The number of halogens is 1. The molecule has 1 saturated heterocycles. The van der Waals surface area contributed by atoms with E-state index in [2.05, 4.69) is 10.4 Å². The molecule has 1 N–H and O–H groups in total. The second-order valence-electron chi connectivity index (χ2n) is 4.74. The van der Waals surface area contributed by atoms with Crippen molar-refractivity contribution in [2.45, 2.75) is 12.8 Å². The zero-order valence-electron chi connectivity index (χ0n) is 10.9. The highest BCUT2D eigenvalue weighted by molar-refractivity contribution is 5.91. The van der Waals surface area contributed by atoms with Crippen molar-refractivity contribution in [2.75, 3.05) is 18.4 Å². The number of hydrogen-bond donors (Lipinski definition) is 1. The number of nitrogens with zero attached hydrogens (tertiary/aromatic N) is 3.